The molecule has 0 unspecified atom stereocenters. The zero-order valence-electron chi connectivity index (χ0n) is 12.5. The molecule has 1 aliphatic heterocycles. The fourth-order valence-electron chi connectivity index (χ4n) is 2.44. The Kier molecular flexibility index (Phi) is 5.99. The maximum atomic E-state index is 12.8. The number of rotatable bonds is 6. The van der Waals surface area contributed by atoms with Crippen molar-refractivity contribution in [2.45, 2.75) is 19.3 Å². The normalized spacial score (nSPS) is 15.7. The molecule has 1 N–H and O–H groups in total. The largest absolute Gasteiger partial charge is 0.492 e. The first kappa shape index (κ1) is 15.8. The van der Waals surface area contributed by atoms with Gasteiger partial charge in [-0.2, -0.15) is 0 Å². The molecule has 2 rings (SSSR count). The number of halogens is 1. The minimum Gasteiger partial charge on any atom is -0.492 e. The molecule has 0 atom stereocenters. The number of amides is 1. The molecule has 0 bridgehead atoms. The number of nitrogens with zero attached hydrogens (tertiary/aromatic N) is 1. The van der Waals surface area contributed by atoms with E-state index < -0.39 is 0 Å². The van der Waals surface area contributed by atoms with Gasteiger partial charge >= 0.3 is 0 Å². The highest BCUT2D eigenvalue weighted by Crippen LogP contribution is 2.17. The summed E-state index contributed by atoms with van der Waals surface area (Å²) in [6.07, 6.45) is 2.77. The minimum atomic E-state index is -0.281. The summed E-state index contributed by atoms with van der Waals surface area (Å²) in [6, 6.07) is 5.90. The van der Waals surface area contributed by atoms with E-state index in [1.807, 2.05) is 0 Å². The Balaban J connectivity index is 1.67. The number of carbonyl (C=O) groups is 1. The molecule has 1 aromatic rings. The summed E-state index contributed by atoms with van der Waals surface area (Å²) in [7, 11) is 1.80. The van der Waals surface area contributed by atoms with E-state index in [1.54, 1.807) is 24.1 Å². The highest BCUT2D eigenvalue weighted by molar-refractivity contribution is 5.76. The average molecular weight is 294 g/mol. The van der Waals surface area contributed by atoms with Crippen LogP contribution in [-0.4, -0.2) is 44.1 Å². The van der Waals surface area contributed by atoms with Gasteiger partial charge in [0.05, 0.1) is 6.54 Å². The molecule has 1 fully saturated rings. The molecule has 0 saturated carbocycles. The van der Waals surface area contributed by atoms with Crippen LogP contribution in [0.15, 0.2) is 24.3 Å². The van der Waals surface area contributed by atoms with Crippen LogP contribution in [0, 0.1) is 11.7 Å². The van der Waals surface area contributed by atoms with Gasteiger partial charge in [-0.3, -0.25) is 4.79 Å². The zero-order chi connectivity index (χ0) is 15.1. The van der Waals surface area contributed by atoms with E-state index in [9.17, 15) is 9.18 Å². The standard InChI is InChI=1S/C16H23FN2O2/c1-19(16(20)12-13-6-8-18-9-7-13)10-11-21-15-4-2-14(17)3-5-15/h2-5,13,18H,6-12H2,1H3. The summed E-state index contributed by atoms with van der Waals surface area (Å²) in [4.78, 5) is 13.8. The molecule has 1 aromatic carbocycles. The van der Waals surface area contributed by atoms with Crippen molar-refractivity contribution >= 4 is 5.91 Å². The smallest absolute Gasteiger partial charge is 0.222 e. The Morgan fingerprint density at radius 3 is 2.67 bits per heavy atom. The molecule has 1 aliphatic rings. The first-order valence-corrected chi connectivity index (χ1v) is 7.48. The lowest BCUT2D eigenvalue weighted by atomic mass is 9.94. The van der Waals surface area contributed by atoms with Crippen LogP contribution in [0.4, 0.5) is 4.39 Å². The Hall–Kier alpha value is -1.62. The molecule has 1 heterocycles. The van der Waals surface area contributed by atoms with Crippen LogP contribution in [0.1, 0.15) is 19.3 Å². The fraction of sp³-hybridized carbons (Fsp3) is 0.562. The summed E-state index contributed by atoms with van der Waals surface area (Å²) in [6.45, 7) is 2.98. The van der Waals surface area contributed by atoms with Gasteiger partial charge in [0.1, 0.15) is 18.2 Å². The number of likely N-dealkylation sites (N-methyl/N-ethyl adjacent to an activating group) is 1. The number of hydrogen-bond donors (Lipinski definition) is 1. The lowest BCUT2D eigenvalue weighted by Gasteiger charge is -2.25. The molecule has 0 aromatic heterocycles. The van der Waals surface area contributed by atoms with E-state index in [-0.39, 0.29) is 11.7 Å². The Morgan fingerprint density at radius 2 is 2.00 bits per heavy atom. The van der Waals surface area contributed by atoms with Gasteiger partial charge in [-0.15, -0.1) is 0 Å². The number of carbonyl (C=O) groups excluding carboxylic acids is 1. The van der Waals surface area contributed by atoms with Crippen LogP contribution in [0.5, 0.6) is 5.75 Å². The highest BCUT2D eigenvalue weighted by atomic mass is 19.1. The molecular formula is C16H23FN2O2. The van der Waals surface area contributed by atoms with Gasteiger partial charge in [0.15, 0.2) is 0 Å². The third kappa shape index (κ3) is 5.34. The monoisotopic (exact) mass is 294 g/mol. The van der Waals surface area contributed by atoms with Crippen molar-refractivity contribution in [1.29, 1.82) is 0 Å². The summed E-state index contributed by atoms with van der Waals surface area (Å²) in [5, 5.41) is 3.30. The number of hydrogen-bond acceptors (Lipinski definition) is 3. The molecule has 0 aliphatic carbocycles. The number of benzene rings is 1. The van der Waals surface area contributed by atoms with Crippen molar-refractivity contribution in [3.8, 4) is 5.75 Å². The van der Waals surface area contributed by atoms with Crippen LogP contribution in [-0.2, 0) is 4.79 Å². The SMILES string of the molecule is CN(CCOc1ccc(F)cc1)C(=O)CC1CCNCC1. The van der Waals surface area contributed by atoms with Crippen molar-refractivity contribution in [2.24, 2.45) is 5.92 Å². The molecule has 1 amide bonds. The molecule has 1 saturated heterocycles. The van der Waals surface area contributed by atoms with E-state index in [1.165, 1.54) is 12.1 Å². The van der Waals surface area contributed by atoms with Crippen molar-refractivity contribution in [3.63, 3.8) is 0 Å². The van der Waals surface area contributed by atoms with Crippen molar-refractivity contribution in [3.05, 3.63) is 30.1 Å². The van der Waals surface area contributed by atoms with Gasteiger partial charge in [-0.1, -0.05) is 0 Å². The van der Waals surface area contributed by atoms with E-state index in [4.69, 9.17) is 4.74 Å². The second kappa shape index (κ2) is 7.98. The van der Waals surface area contributed by atoms with Gasteiger partial charge in [0.2, 0.25) is 5.91 Å². The zero-order valence-corrected chi connectivity index (χ0v) is 12.5. The third-order valence-corrected chi connectivity index (χ3v) is 3.86. The second-order valence-electron chi connectivity index (χ2n) is 5.52. The molecule has 0 radical (unpaired) electrons. The molecule has 21 heavy (non-hydrogen) atoms. The quantitative estimate of drug-likeness (QED) is 0.873. The molecular weight excluding hydrogens is 271 g/mol. The summed E-state index contributed by atoms with van der Waals surface area (Å²) >= 11 is 0. The highest BCUT2D eigenvalue weighted by Gasteiger charge is 2.18. The van der Waals surface area contributed by atoms with Crippen LogP contribution in [0.2, 0.25) is 0 Å². The van der Waals surface area contributed by atoms with E-state index >= 15 is 0 Å². The summed E-state index contributed by atoms with van der Waals surface area (Å²) < 4.78 is 18.3. The predicted octanol–water partition coefficient (Wildman–Crippen LogP) is 2.05. The van der Waals surface area contributed by atoms with Crippen molar-refractivity contribution in [2.75, 3.05) is 33.3 Å². The van der Waals surface area contributed by atoms with Gasteiger partial charge in [0, 0.05) is 13.5 Å². The van der Waals surface area contributed by atoms with Crippen molar-refractivity contribution < 1.29 is 13.9 Å². The van der Waals surface area contributed by atoms with Gasteiger partial charge in [-0.05, 0) is 56.1 Å². The van der Waals surface area contributed by atoms with E-state index in [2.05, 4.69) is 5.32 Å². The van der Waals surface area contributed by atoms with Crippen molar-refractivity contribution in [1.82, 2.24) is 10.2 Å². The average Bonchev–Trinajstić information content (AvgIpc) is 2.50. The van der Waals surface area contributed by atoms with Crippen LogP contribution in [0.25, 0.3) is 0 Å². The van der Waals surface area contributed by atoms with Gasteiger partial charge < -0.3 is 15.0 Å². The van der Waals surface area contributed by atoms with Crippen LogP contribution < -0.4 is 10.1 Å². The minimum absolute atomic E-state index is 0.171. The third-order valence-electron chi connectivity index (χ3n) is 3.86. The van der Waals surface area contributed by atoms with Gasteiger partial charge in [-0.25, -0.2) is 4.39 Å². The lowest BCUT2D eigenvalue weighted by molar-refractivity contribution is -0.131. The number of piperidine rings is 1. The fourth-order valence-corrected chi connectivity index (χ4v) is 2.44. The predicted molar refractivity (Wildman–Crippen MR) is 79.7 cm³/mol. The molecule has 5 heteroatoms. The lowest BCUT2D eigenvalue weighted by Crippen LogP contribution is -2.35. The number of ether oxygens (including phenoxy) is 1. The molecule has 4 nitrogen and oxygen atoms in total. The summed E-state index contributed by atoms with van der Waals surface area (Å²) in [5.41, 5.74) is 0. The van der Waals surface area contributed by atoms with E-state index in [0.29, 0.717) is 31.2 Å². The van der Waals surface area contributed by atoms with E-state index in [0.717, 1.165) is 25.9 Å². The summed E-state index contributed by atoms with van der Waals surface area (Å²) in [5.74, 6) is 1.01. The van der Waals surface area contributed by atoms with Crippen LogP contribution in [0.3, 0.4) is 0 Å². The number of nitrogens with one attached hydrogen (secondary N) is 1. The van der Waals surface area contributed by atoms with Crippen LogP contribution >= 0.6 is 0 Å². The maximum Gasteiger partial charge on any atom is 0.222 e. The second-order valence-corrected chi connectivity index (χ2v) is 5.52. The first-order valence-electron chi connectivity index (χ1n) is 7.48. The topological polar surface area (TPSA) is 41.6 Å². The molecule has 116 valence electrons. The Labute approximate surface area is 125 Å². The Bertz CT molecular complexity index is 444. The first-order chi connectivity index (χ1) is 10.1. The molecule has 0 spiro atoms. The van der Waals surface area contributed by atoms with Gasteiger partial charge in [0.25, 0.3) is 0 Å². The maximum absolute atomic E-state index is 12.8. The Morgan fingerprint density at radius 1 is 1.33 bits per heavy atom.